The molecule has 7 heterocycles. The molecule has 0 N–H and O–H groups in total. The molecule has 16 rings (SSSR count). The maximum Gasteiger partial charge on any atom is 0.429 e. The molecule has 0 bridgehead atoms. The van der Waals surface area contributed by atoms with Crippen molar-refractivity contribution < 1.29 is 4.74 Å². The van der Waals surface area contributed by atoms with Gasteiger partial charge in [-0.1, -0.05) is 152 Å². The molecule has 7 nitrogen and oxygen atoms in total. The molecular weight excluding hydrogens is 856 g/mol. The lowest BCUT2D eigenvalue weighted by molar-refractivity contribution is 0.453. The van der Waals surface area contributed by atoms with Crippen LogP contribution in [-0.2, 0) is 0 Å². The Kier molecular flexibility index (Phi) is 7.57. The van der Waals surface area contributed by atoms with E-state index >= 15 is 0 Å². The van der Waals surface area contributed by atoms with Gasteiger partial charge in [0.25, 0.3) is 0 Å². The minimum Gasteiger partial charge on any atom is -0.442 e. The Hall–Kier alpha value is -9.40. The monoisotopic (exact) mass is 894 g/mol. The fourth-order valence-electron chi connectivity index (χ4n) is 12.0. The topological polar surface area (TPSA) is 37.1 Å². The van der Waals surface area contributed by atoms with Crippen molar-refractivity contribution in [3.8, 4) is 39.8 Å². The summed E-state index contributed by atoms with van der Waals surface area (Å²) in [4.78, 5) is 2.45. The number of hydrogen-bond acceptors (Lipinski definition) is 2. The first kappa shape index (κ1) is 37.7. The van der Waals surface area contributed by atoms with Crippen LogP contribution in [0, 0.1) is 0 Å². The summed E-state index contributed by atoms with van der Waals surface area (Å²) in [6.45, 7) is -0.292. The molecule has 0 unspecified atom stereocenters. The van der Waals surface area contributed by atoms with Crippen LogP contribution >= 0.6 is 0 Å². The summed E-state index contributed by atoms with van der Waals surface area (Å²) in [7, 11) is 0. The largest absolute Gasteiger partial charge is 0.442 e. The van der Waals surface area contributed by atoms with Gasteiger partial charge in [0.15, 0.2) is 5.88 Å². The molecule has 0 saturated carbocycles. The van der Waals surface area contributed by atoms with Crippen LogP contribution in [0.3, 0.4) is 0 Å². The van der Waals surface area contributed by atoms with Crippen LogP contribution in [-0.4, -0.2) is 29.6 Å². The summed E-state index contributed by atoms with van der Waals surface area (Å²) >= 11 is 0. The van der Waals surface area contributed by atoms with E-state index in [0.29, 0.717) is 0 Å². The Morgan fingerprint density at radius 3 is 1.24 bits per heavy atom. The van der Waals surface area contributed by atoms with Crippen LogP contribution in [0.2, 0.25) is 0 Å². The van der Waals surface area contributed by atoms with Crippen molar-refractivity contribution in [1.82, 2.24) is 22.7 Å². The molecular formula is C62H39BN6O. The van der Waals surface area contributed by atoms with Gasteiger partial charge in [-0.2, -0.15) is 0 Å². The van der Waals surface area contributed by atoms with Gasteiger partial charge in [-0.3, -0.25) is 4.90 Å². The molecule has 0 fully saturated rings. The van der Waals surface area contributed by atoms with Crippen molar-refractivity contribution >= 4 is 95.1 Å². The summed E-state index contributed by atoms with van der Waals surface area (Å²) in [5.41, 5.74) is 15.6. The minimum atomic E-state index is -0.292. The van der Waals surface area contributed by atoms with Crippen LogP contribution in [0.1, 0.15) is 0 Å². The van der Waals surface area contributed by atoms with Crippen molar-refractivity contribution in [2.75, 3.05) is 4.90 Å². The number of ether oxygens (including phenoxy) is 1. The fourth-order valence-corrected chi connectivity index (χ4v) is 12.0. The highest BCUT2D eigenvalue weighted by atomic mass is 16.5. The first-order valence-corrected chi connectivity index (χ1v) is 23.9. The van der Waals surface area contributed by atoms with Gasteiger partial charge in [0, 0.05) is 74.1 Å². The molecule has 8 heteroatoms. The van der Waals surface area contributed by atoms with Crippen LogP contribution in [0.4, 0.5) is 17.2 Å². The zero-order valence-electron chi connectivity index (χ0n) is 37.7. The fraction of sp³-hybridized carbons (Fsp3) is 0. The van der Waals surface area contributed by atoms with Crippen LogP contribution in [0.5, 0.6) is 11.6 Å². The van der Waals surface area contributed by atoms with E-state index in [1.807, 2.05) is 0 Å². The predicted octanol–water partition coefficient (Wildman–Crippen LogP) is 14.9. The number of rotatable bonds is 5. The Labute approximate surface area is 402 Å². The normalized spacial score (nSPS) is 12.9. The molecule has 2 aliphatic rings. The summed E-state index contributed by atoms with van der Waals surface area (Å²) in [6.07, 6.45) is 4.65. The van der Waals surface area contributed by atoms with E-state index in [4.69, 9.17) is 4.74 Å². The number of anilines is 3. The van der Waals surface area contributed by atoms with E-state index in [2.05, 4.69) is 264 Å². The van der Waals surface area contributed by atoms with Gasteiger partial charge in [0.2, 0.25) is 0 Å². The molecule has 326 valence electrons. The zero-order chi connectivity index (χ0) is 45.6. The van der Waals surface area contributed by atoms with Crippen molar-refractivity contribution in [3.05, 3.63) is 237 Å². The second kappa shape index (κ2) is 14.1. The van der Waals surface area contributed by atoms with Crippen LogP contribution in [0.15, 0.2) is 237 Å². The first-order valence-electron chi connectivity index (χ1n) is 23.9. The van der Waals surface area contributed by atoms with Gasteiger partial charge in [-0.15, -0.1) is 0 Å². The van der Waals surface area contributed by atoms with E-state index in [1.54, 1.807) is 0 Å². The van der Waals surface area contributed by atoms with Gasteiger partial charge >= 0.3 is 6.98 Å². The highest BCUT2D eigenvalue weighted by Crippen LogP contribution is 2.48. The van der Waals surface area contributed by atoms with Gasteiger partial charge < -0.3 is 27.4 Å². The lowest BCUT2D eigenvalue weighted by Crippen LogP contribution is -2.52. The molecule has 0 saturated heterocycles. The second-order valence-electron chi connectivity index (χ2n) is 18.6. The highest BCUT2D eigenvalue weighted by molar-refractivity contribution is 6.74. The summed E-state index contributed by atoms with van der Waals surface area (Å²) in [5.74, 6) is 2.65. The average molecular weight is 895 g/mol. The molecule has 5 aromatic heterocycles. The maximum atomic E-state index is 7.35. The SMILES string of the molecule is c1ccc(-c2ccc(N3c4cc(-n5c6ccccc6c6ccccc65)cc5c4B(n4cc(-n6c7ccccc7c7ccccc76)cc4O5)n4cc(-n5c6ccccc6c6ccccc65)cc43)cc2)cc1. The third-order valence-electron chi connectivity index (χ3n) is 14.9. The van der Waals surface area contributed by atoms with Crippen molar-refractivity contribution in [1.29, 1.82) is 0 Å². The summed E-state index contributed by atoms with van der Waals surface area (Å²) < 4.78 is 19.4. The van der Waals surface area contributed by atoms with Crippen LogP contribution in [0.25, 0.3) is 93.6 Å². The molecule has 0 atom stereocenters. The number of para-hydroxylation sites is 6. The number of nitrogens with zero attached hydrogens (tertiary/aromatic N) is 6. The van der Waals surface area contributed by atoms with Gasteiger partial charge in [0.05, 0.1) is 55.8 Å². The summed E-state index contributed by atoms with van der Waals surface area (Å²) in [5, 5.41) is 7.33. The molecule has 0 spiro atoms. The molecule has 0 amide bonds. The Balaban J connectivity index is 0.998. The second-order valence-corrected chi connectivity index (χ2v) is 18.6. The smallest absolute Gasteiger partial charge is 0.429 e. The molecule has 2 aliphatic heterocycles. The quantitative estimate of drug-likeness (QED) is 0.161. The first-order chi connectivity index (χ1) is 34.7. The van der Waals surface area contributed by atoms with Crippen molar-refractivity contribution in [3.63, 3.8) is 0 Å². The van der Waals surface area contributed by atoms with E-state index in [9.17, 15) is 0 Å². The van der Waals surface area contributed by atoms with Gasteiger partial charge in [-0.25, -0.2) is 0 Å². The zero-order valence-corrected chi connectivity index (χ0v) is 37.7. The van der Waals surface area contributed by atoms with Crippen LogP contribution < -0.4 is 15.1 Å². The minimum absolute atomic E-state index is 0.292. The van der Waals surface area contributed by atoms with E-state index in [1.165, 1.54) is 54.5 Å². The number of fused-ring (bicyclic) bond motifs is 13. The lowest BCUT2D eigenvalue weighted by atomic mass is 9.63. The number of aromatic nitrogens is 5. The third kappa shape index (κ3) is 5.14. The number of hydrogen-bond donors (Lipinski definition) is 0. The van der Waals surface area contributed by atoms with Gasteiger partial charge in [0.1, 0.15) is 11.6 Å². The molecule has 70 heavy (non-hydrogen) atoms. The Morgan fingerprint density at radius 1 is 0.329 bits per heavy atom. The average Bonchev–Trinajstić information content (AvgIpc) is 4.25. The molecule has 0 aliphatic carbocycles. The van der Waals surface area contributed by atoms with E-state index in [-0.39, 0.29) is 6.98 Å². The maximum absolute atomic E-state index is 7.35. The Morgan fingerprint density at radius 2 is 0.743 bits per heavy atom. The number of benzene rings is 9. The summed E-state index contributed by atoms with van der Waals surface area (Å²) in [6, 6.07) is 81.4. The predicted molar refractivity (Wildman–Crippen MR) is 288 cm³/mol. The van der Waals surface area contributed by atoms with Crippen molar-refractivity contribution in [2.24, 2.45) is 0 Å². The lowest BCUT2D eigenvalue weighted by Gasteiger charge is -2.39. The standard InChI is InChI=1S/C62H39BN6O/c1-2-16-40(17-3-1)41-30-32-42(33-31-41)69-58-34-43(66-52-24-10-4-18-46(52)47-19-5-11-25-53(47)66)35-59-62(58)63(64-38-44(36-60(64)69)67-54-26-12-6-20-48(54)49-21-7-13-27-55(49)67)65-39-45(37-61(65)70-59)68-56-28-14-8-22-50(56)51-23-9-15-29-57(51)68/h1-39H. The highest BCUT2D eigenvalue weighted by Gasteiger charge is 2.44. The van der Waals surface area contributed by atoms with Gasteiger partial charge in [-0.05, 0) is 65.7 Å². The Bertz CT molecular complexity index is 4310. The van der Waals surface area contributed by atoms with Crippen molar-refractivity contribution in [2.45, 2.75) is 0 Å². The van der Waals surface area contributed by atoms with E-state index in [0.717, 1.165) is 73.4 Å². The molecule has 14 aromatic rings. The third-order valence-corrected chi connectivity index (χ3v) is 14.9. The molecule has 9 aromatic carbocycles. The molecule has 0 radical (unpaired) electrons. The van der Waals surface area contributed by atoms with E-state index < -0.39 is 0 Å².